The lowest BCUT2D eigenvalue weighted by Gasteiger charge is -2.24. The van der Waals surface area contributed by atoms with Gasteiger partial charge in [0.25, 0.3) is 0 Å². The Hall–Kier alpha value is -3.44. The molecular formula is C22H17F7O5. The number of rotatable bonds is 8. The van der Waals surface area contributed by atoms with Crippen LogP contribution in [0.5, 0.6) is 0 Å². The first kappa shape index (κ1) is 26.8. The molecule has 12 heteroatoms. The summed E-state index contributed by atoms with van der Waals surface area (Å²) in [5.41, 5.74) is -2.59. The smallest absolute Gasteiger partial charge is 0.416 e. The Morgan fingerprint density at radius 3 is 1.62 bits per heavy atom. The SMILES string of the molecule is C[C@@H](COC(=O)c1ccc(C(F)(F)F)cc1)[C@@H](OC(=O)c1ccc(C(F)(F)F)cc1)[C@H](F)C=O. The Morgan fingerprint density at radius 2 is 1.24 bits per heavy atom. The lowest BCUT2D eigenvalue weighted by atomic mass is 10.0. The molecule has 0 saturated carbocycles. The first-order chi connectivity index (χ1) is 15.7. The second-order valence-electron chi connectivity index (χ2n) is 7.18. The Bertz CT molecular complexity index is 998. The number of carbonyl (C=O) groups excluding carboxylic acids is 3. The van der Waals surface area contributed by atoms with Crippen LogP contribution in [0.1, 0.15) is 38.8 Å². The van der Waals surface area contributed by atoms with E-state index in [1.54, 1.807) is 0 Å². The predicted octanol–water partition coefficient (Wildman–Crippen LogP) is 5.28. The van der Waals surface area contributed by atoms with Crippen molar-refractivity contribution >= 4 is 18.2 Å². The molecule has 0 bridgehead atoms. The van der Waals surface area contributed by atoms with Crippen LogP contribution in [0.4, 0.5) is 30.7 Å². The summed E-state index contributed by atoms with van der Waals surface area (Å²) in [6.45, 7) is 0.680. The van der Waals surface area contributed by atoms with Gasteiger partial charge in [0.2, 0.25) is 0 Å². The second kappa shape index (κ2) is 10.7. The van der Waals surface area contributed by atoms with Gasteiger partial charge >= 0.3 is 24.3 Å². The van der Waals surface area contributed by atoms with E-state index in [-0.39, 0.29) is 17.4 Å². The maximum Gasteiger partial charge on any atom is 0.416 e. The number of carbonyl (C=O) groups is 3. The van der Waals surface area contributed by atoms with E-state index >= 15 is 0 Å². The minimum absolute atomic E-state index is 0.168. The first-order valence-corrected chi connectivity index (χ1v) is 9.56. The Labute approximate surface area is 188 Å². The summed E-state index contributed by atoms with van der Waals surface area (Å²) < 4.78 is 99.7. The number of benzene rings is 2. The van der Waals surface area contributed by atoms with E-state index in [2.05, 4.69) is 0 Å². The standard InChI is InChI=1S/C22H17F7O5/c1-12(11-33-19(31)13-2-6-15(7-3-13)21(24,25)26)18(17(23)10-30)34-20(32)14-4-8-16(9-5-14)22(27,28)29/h2-10,12,17-18H,11H2,1H3/t12-,17+,18+/m0/s1. The number of ether oxygens (including phenoxy) is 2. The number of alkyl halides is 7. The van der Waals surface area contributed by atoms with Crippen molar-refractivity contribution in [2.75, 3.05) is 6.61 Å². The molecule has 0 unspecified atom stereocenters. The van der Waals surface area contributed by atoms with Crippen molar-refractivity contribution < 1.29 is 54.6 Å². The van der Waals surface area contributed by atoms with E-state index in [4.69, 9.17) is 9.47 Å². The van der Waals surface area contributed by atoms with Crippen molar-refractivity contribution in [3.05, 3.63) is 70.8 Å². The Kier molecular flexibility index (Phi) is 8.41. The van der Waals surface area contributed by atoms with Gasteiger partial charge in [-0.25, -0.2) is 14.0 Å². The quantitative estimate of drug-likeness (QED) is 0.284. The minimum atomic E-state index is -4.64. The lowest BCUT2D eigenvalue weighted by Crippen LogP contribution is -2.37. The van der Waals surface area contributed by atoms with Gasteiger partial charge in [0.1, 0.15) is 6.10 Å². The van der Waals surface area contributed by atoms with Crippen LogP contribution in [0, 0.1) is 5.92 Å². The summed E-state index contributed by atoms with van der Waals surface area (Å²) in [5.74, 6) is -3.36. The largest absolute Gasteiger partial charge is 0.462 e. The molecule has 0 amide bonds. The van der Waals surface area contributed by atoms with Crippen molar-refractivity contribution in [3.63, 3.8) is 0 Å². The van der Waals surface area contributed by atoms with Gasteiger partial charge in [0.05, 0.1) is 28.9 Å². The maximum atomic E-state index is 14.1. The number of hydrogen-bond donors (Lipinski definition) is 0. The number of esters is 2. The average Bonchev–Trinajstić information content (AvgIpc) is 2.79. The third kappa shape index (κ3) is 7.03. The average molecular weight is 494 g/mol. The second-order valence-corrected chi connectivity index (χ2v) is 7.18. The summed E-state index contributed by atoms with van der Waals surface area (Å²) in [6, 6.07) is 5.94. The van der Waals surface area contributed by atoms with Gasteiger partial charge in [-0.2, -0.15) is 26.3 Å². The molecule has 2 aromatic rings. The van der Waals surface area contributed by atoms with E-state index in [9.17, 15) is 45.1 Å². The fourth-order valence-electron chi connectivity index (χ4n) is 2.74. The minimum Gasteiger partial charge on any atom is -0.462 e. The van der Waals surface area contributed by atoms with E-state index in [1.807, 2.05) is 0 Å². The number of aldehydes is 1. The Balaban J connectivity index is 2.04. The van der Waals surface area contributed by atoms with Gasteiger partial charge < -0.3 is 9.47 Å². The van der Waals surface area contributed by atoms with Gasteiger partial charge in [-0.3, -0.25) is 4.79 Å². The zero-order valence-corrected chi connectivity index (χ0v) is 17.3. The molecule has 0 spiro atoms. The molecule has 0 N–H and O–H groups in total. The molecule has 3 atom stereocenters. The highest BCUT2D eigenvalue weighted by Crippen LogP contribution is 2.30. The third-order valence-electron chi connectivity index (χ3n) is 4.62. The van der Waals surface area contributed by atoms with Gasteiger partial charge in [0.15, 0.2) is 12.5 Å². The van der Waals surface area contributed by atoms with Crippen LogP contribution in [0.25, 0.3) is 0 Å². The fraction of sp³-hybridized carbons (Fsp3) is 0.318. The molecule has 0 aliphatic carbocycles. The summed E-state index contributed by atoms with van der Waals surface area (Å²) in [7, 11) is 0. The van der Waals surface area contributed by atoms with E-state index < -0.39 is 60.2 Å². The van der Waals surface area contributed by atoms with Gasteiger partial charge in [-0.15, -0.1) is 0 Å². The lowest BCUT2D eigenvalue weighted by molar-refractivity contribution is -0.138. The van der Waals surface area contributed by atoms with Crippen LogP contribution in [-0.4, -0.2) is 37.1 Å². The van der Waals surface area contributed by atoms with Crippen LogP contribution in [-0.2, 0) is 26.6 Å². The van der Waals surface area contributed by atoms with Crippen LogP contribution in [0.2, 0.25) is 0 Å². The molecule has 0 aliphatic rings. The van der Waals surface area contributed by atoms with Gasteiger partial charge in [-0.05, 0) is 48.5 Å². The highest BCUT2D eigenvalue weighted by atomic mass is 19.4. The molecule has 0 fully saturated rings. The van der Waals surface area contributed by atoms with Crippen LogP contribution >= 0.6 is 0 Å². The summed E-state index contributed by atoms with van der Waals surface area (Å²) in [6.07, 6.45) is -13.5. The molecule has 0 aromatic heterocycles. The molecular weight excluding hydrogens is 477 g/mol. The van der Waals surface area contributed by atoms with E-state index in [0.717, 1.165) is 24.3 Å². The van der Waals surface area contributed by atoms with E-state index in [0.29, 0.717) is 24.3 Å². The van der Waals surface area contributed by atoms with Crippen molar-refractivity contribution in [3.8, 4) is 0 Å². The van der Waals surface area contributed by atoms with Crippen molar-refractivity contribution in [1.82, 2.24) is 0 Å². The van der Waals surface area contributed by atoms with Crippen LogP contribution in [0.15, 0.2) is 48.5 Å². The Morgan fingerprint density at radius 1 is 0.824 bits per heavy atom. The van der Waals surface area contributed by atoms with Crippen molar-refractivity contribution in [2.24, 2.45) is 5.92 Å². The summed E-state index contributed by atoms with van der Waals surface area (Å²) in [5, 5.41) is 0. The van der Waals surface area contributed by atoms with Gasteiger partial charge in [0, 0.05) is 5.92 Å². The van der Waals surface area contributed by atoms with Gasteiger partial charge in [-0.1, -0.05) is 6.92 Å². The normalized spacial score (nSPS) is 14.6. The topological polar surface area (TPSA) is 69.7 Å². The molecule has 34 heavy (non-hydrogen) atoms. The van der Waals surface area contributed by atoms with Crippen molar-refractivity contribution in [2.45, 2.75) is 31.6 Å². The third-order valence-corrected chi connectivity index (χ3v) is 4.62. The molecule has 2 aromatic carbocycles. The molecule has 0 saturated heterocycles. The fourth-order valence-corrected chi connectivity index (χ4v) is 2.74. The van der Waals surface area contributed by atoms with E-state index in [1.165, 1.54) is 6.92 Å². The van der Waals surface area contributed by atoms with Crippen LogP contribution < -0.4 is 0 Å². The predicted molar refractivity (Wildman–Crippen MR) is 102 cm³/mol. The van der Waals surface area contributed by atoms with Crippen LogP contribution in [0.3, 0.4) is 0 Å². The monoisotopic (exact) mass is 494 g/mol. The molecule has 0 heterocycles. The summed E-state index contributed by atoms with van der Waals surface area (Å²) >= 11 is 0. The number of halogens is 7. The molecule has 184 valence electrons. The highest BCUT2D eigenvalue weighted by molar-refractivity contribution is 5.90. The summed E-state index contributed by atoms with van der Waals surface area (Å²) in [4.78, 5) is 35.2. The van der Waals surface area contributed by atoms with Crippen molar-refractivity contribution in [1.29, 1.82) is 0 Å². The maximum absolute atomic E-state index is 14.1. The number of hydrogen-bond acceptors (Lipinski definition) is 5. The molecule has 0 aliphatic heterocycles. The highest BCUT2D eigenvalue weighted by Gasteiger charge is 2.34. The molecule has 5 nitrogen and oxygen atoms in total. The molecule has 2 rings (SSSR count). The zero-order chi connectivity index (χ0) is 25.7. The first-order valence-electron chi connectivity index (χ1n) is 9.56. The molecule has 0 radical (unpaired) electrons. The zero-order valence-electron chi connectivity index (χ0n) is 17.3.